The molecule has 2 nitrogen and oxygen atoms in total. The van der Waals surface area contributed by atoms with Gasteiger partial charge in [-0.25, -0.2) is 0 Å². The van der Waals surface area contributed by atoms with E-state index >= 15 is 0 Å². The predicted octanol–water partition coefficient (Wildman–Crippen LogP) is 3.99. The zero-order chi connectivity index (χ0) is 13.5. The van der Waals surface area contributed by atoms with Gasteiger partial charge in [0.25, 0.3) is 0 Å². The van der Waals surface area contributed by atoms with Crippen LogP contribution < -0.4 is 0 Å². The fourth-order valence-electron chi connectivity index (χ4n) is 2.87. The van der Waals surface area contributed by atoms with Gasteiger partial charge in [0.05, 0.1) is 6.61 Å². The van der Waals surface area contributed by atoms with Gasteiger partial charge in [0.15, 0.2) is 0 Å². The van der Waals surface area contributed by atoms with E-state index in [1.807, 2.05) is 18.2 Å². The Morgan fingerprint density at radius 2 is 2.05 bits per heavy atom. The third-order valence-electron chi connectivity index (χ3n) is 4.15. The van der Waals surface area contributed by atoms with Gasteiger partial charge in [-0.05, 0) is 37.2 Å². The zero-order valence-electron chi connectivity index (χ0n) is 11.8. The van der Waals surface area contributed by atoms with Crippen molar-refractivity contribution in [2.75, 3.05) is 6.61 Å². The monoisotopic (exact) mass is 260 g/mol. The molecular formula is C17H24O2. The van der Waals surface area contributed by atoms with E-state index < -0.39 is 0 Å². The Kier molecular flexibility index (Phi) is 5.59. The van der Waals surface area contributed by atoms with Gasteiger partial charge in [-0.2, -0.15) is 0 Å². The quantitative estimate of drug-likeness (QED) is 0.723. The normalized spacial score (nSPS) is 23.5. The first kappa shape index (κ1) is 14.3. The topological polar surface area (TPSA) is 26.3 Å². The average molecular weight is 260 g/mol. The first-order valence-electron chi connectivity index (χ1n) is 7.44. The summed E-state index contributed by atoms with van der Waals surface area (Å²) in [5.41, 5.74) is 1.23. The predicted molar refractivity (Wildman–Crippen MR) is 76.8 cm³/mol. The number of carbonyl (C=O) groups is 1. The molecule has 1 fully saturated rings. The van der Waals surface area contributed by atoms with Crippen LogP contribution in [0.1, 0.15) is 44.6 Å². The standard InChI is InChI=1S/C17H24O2/c1-2-16-12-14(8-9-17(16)18)10-11-19-13-15-6-4-3-5-7-15/h3-7,14,16H,2,8-13H2,1H3/t14-,16-/m0/s1. The van der Waals surface area contributed by atoms with Gasteiger partial charge in [0.2, 0.25) is 0 Å². The van der Waals surface area contributed by atoms with Crippen LogP contribution in [-0.4, -0.2) is 12.4 Å². The van der Waals surface area contributed by atoms with Crippen LogP contribution >= 0.6 is 0 Å². The number of carbonyl (C=O) groups excluding carboxylic acids is 1. The lowest BCUT2D eigenvalue weighted by atomic mass is 9.78. The van der Waals surface area contributed by atoms with Crippen molar-refractivity contribution in [3.63, 3.8) is 0 Å². The van der Waals surface area contributed by atoms with E-state index in [-0.39, 0.29) is 0 Å². The Morgan fingerprint density at radius 1 is 1.26 bits per heavy atom. The smallest absolute Gasteiger partial charge is 0.135 e. The molecule has 0 heterocycles. The van der Waals surface area contributed by atoms with Crippen molar-refractivity contribution in [3.05, 3.63) is 35.9 Å². The lowest BCUT2D eigenvalue weighted by molar-refractivity contribution is -0.125. The van der Waals surface area contributed by atoms with Crippen molar-refractivity contribution in [1.29, 1.82) is 0 Å². The minimum absolute atomic E-state index is 0.313. The van der Waals surface area contributed by atoms with Gasteiger partial charge in [-0.3, -0.25) is 4.79 Å². The van der Waals surface area contributed by atoms with E-state index in [1.54, 1.807) is 0 Å². The lowest BCUT2D eigenvalue weighted by Crippen LogP contribution is -2.25. The summed E-state index contributed by atoms with van der Waals surface area (Å²) in [4.78, 5) is 11.7. The molecule has 104 valence electrons. The summed E-state index contributed by atoms with van der Waals surface area (Å²) in [6.07, 6.45) is 5.01. The third-order valence-corrected chi connectivity index (χ3v) is 4.15. The molecular weight excluding hydrogens is 236 g/mol. The summed E-state index contributed by atoms with van der Waals surface area (Å²) in [6, 6.07) is 10.3. The second-order valence-corrected chi connectivity index (χ2v) is 5.54. The highest BCUT2D eigenvalue weighted by Gasteiger charge is 2.26. The molecule has 1 saturated carbocycles. The molecule has 2 rings (SSSR count). The molecule has 0 saturated heterocycles. The van der Waals surface area contributed by atoms with Crippen LogP contribution in [0.2, 0.25) is 0 Å². The zero-order valence-corrected chi connectivity index (χ0v) is 11.8. The molecule has 19 heavy (non-hydrogen) atoms. The van der Waals surface area contributed by atoms with Crippen molar-refractivity contribution in [1.82, 2.24) is 0 Å². The van der Waals surface area contributed by atoms with Crippen LogP contribution in [0, 0.1) is 11.8 Å². The molecule has 0 spiro atoms. The minimum atomic E-state index is 0.313. The van der Waals surface area contributed by atoms with Gasteiger partial charge in [0, 0.05) is 18.9 Å². The van der Waals surface area contributed by atoms with E-state index in [9.17, 15) is 4.79 Å². The Bertz CT molecular complexity index is 386. The molecule has 2 heteroatoms. The SMILES string of the molecule is CC[C@H]1C[C@H](CCOCc2ccccc2)CCC1=O. The summed E-state index contributed by atoms with van der Waals surface area (Å²) < 4.78 is 5.73. The highest BCUT2D eigenvalue weighted by molar-refractivity contribution is 5.81. The molecule has 0 bridgehead atoms. The number of hydrogen-bond donors (Lipinski definition) is 0. The van der Waals surface area contributed by atoms with Crippen molar-refractivity contribution in [2.24, 2.45) is 11.8 Å². The molecule has 2 atom stereocenters. The Labute approximate surface area is 116 Å². The van der Waals surface area contributed by atoms with Crippen LogP contribution in [0.3, 0.4) is 0 Å². The molecule has 1 aliphatic rings. The molecule has 0 radical (unpaired) electrons. The lowest BCUT2D eigenvalue weighted by Gasteiger charge is -2.27. The Morgan fingerprint density at radius 3 is 2.79 bits per heavy atom. The van der Waals surface area contributed by atoms with Crippen LogP contribution in [0.25, 0.3) is 0 Å². The van der Waals surface area contributed by atoms with Gasteiger partial charge >= 0.3 is 0 Å². The minimum Gasteiger partial charge on any atom is -0.377 e. The first-order valence-corrected chi connectivity index (χ1v) is 7.44. The number of benzene rings is 1. The molecule has 0 amide bonds. The van der Waals surface area contributed by atoms with E-state index in [4.69, 9.17) is 4.74 Å². The van der Waals surface area contributed by atoms with Crippen LogP contribution in [0.4, 0.5) is 0 Å². The van der Waals surface area contributed by atoms with Gasteiger partial charge in [0.1, 0.15) is 5.78 Å². The van der Waals surface area contributed by atoms with Crippen LogP contribution in [-0.2, 0) is 16.1 Å². The van der Waals surface area contributed by atoms with Gasteiger partial charge in [-0.1, -0.05) is 37.3 Å². The van der Waals surface area contributed by atoms with Crippen molar-refractivity contribution >= 4 is 5.78 Å². The largest absolute Gasteiger partial charge is 0.377 e. The Hall–Kier alpha value is -1.15. The molecule has 1 aliphatic carbocycles. The third kappa shape index (κ3) is 4.46. The van der Waals surface area contributed by atoms with Crippen LogP contribution in [0.5, 0.6) is 0 Å². The number of ether oxygens (including phenoxy) is 1. The fraction of sp³-hybridized carbons (Fsp3) is 0.588. The van der Waals surface area contributed by atoms with Crippen molar-refractivity contribution < 1.29 is 9.53 Å². The fourth-order valence-corrected chi connectivity index (χ4v) is 2.87. The van der Waals surface area contributed by atoms with E-state index in [0.29, 0.717) is 24.2 Å². The van der Waals surface area contributed by atoms with Gasteiger partial charge < -0.3 is 4.74 Å². The molecule has 0 aromatic heterocycles. The maximum atomic E-state index is 11.7. The van der Waals surface area contributed by atoms with E-state index in [0.717, 1.165) is 38.7 Å². The first-order chi connectivity index (χ1) is 9.29. The maximum absolute atomic E-state index is 11.7. The van der Waals surface area contributed by atoms with Crippen LogP contribution in [0.15, 0.2) is 30.3 Å². The number of rotatable bonds is 6. The number of ketones is 1. The van der Waals surface area contributed by atoms with Crippen molar-refractivity contribution in [2.45, 2.75) is 45.6 Å². The Balaban J connectivity index is 1.65. The molecule has 1 aromatic rings. The second-order valence-electron chi connectivity index (χ2n) is 5.54. The summed E-state index contributed by atoms with van der Waals surface area (Å²) in [7, 11) is 0. The molecule has 0 unspecified atom stereocenters. The maximum Gasteiger partial charge on any atom is 0.135 e. The summed E-state index contributed by atoms with van der Waals surface area (Å²) in [5, 5.41) is 0. The number of hydrogen-bond acceptors (Lipinski definition) is 2. The summed E-state index contributed by atoms with van der Waals surface area (Å²) >= 11 is 0. The van der Waals surface area contributed by atoms with E-state index in [2.05, 4.69) is 19.1 Å². The number of Topliss-reactive ketones (excluding diaryl/α,β-unsaturated/α-hetero) is 1. The molecule has 0 N–H and O–H groups in total. The van der Waals surface area contributed by atoms with Crippen molar-refractivity contribution in [3.8, 4) is 0 Å². The van der Waals surface area contributed by atoms with E-state index in [1.165, 1.54) is 5.56 Å². The highest BCUT2D eigenvalue weighted by Crippen LogP contribution is 2.30. The second kappa shape index (κ2) is 7.44. The summed E-state index contributed by atoms with van der Waals surface area (Å²) in [5.74, 6) is 1.47. The molecule has 0 aliphatic heterocycles. The average Bonchev–Trinajstić information content (AvgIpc) is 2.46. The highest BCUT2D eigenvalue weighted by atomic mass is 16.5. The summed E-state index contributed by atoms with van der Waals surface area (Å²) in [6.45, 7) is 3.63. The van der Waals surface area contributed by atoms with Gasteiger partial charge in [-0.15, -0.1) is 0 Å². The molecule has 1 aromatic carbocycles.